The van der Waals surface area contributed by atoms with Gasteiger partial charge in [-0.1, -0.05) is 13.0 Å². The van der Waals surface area contributed by atoms with Gasteiger partial charge in [-0.25, -0.2) is 8.42 Å². The van der Waals surface area contributed by atoms with Crippen LogP contribution >= 0.6 is 0 Å². The molecule has 0 aromatic carbocycles. The van der Waals surface area contributed by atoms with E-state index in [0.717, 1.165) is 5.69 Å². The van der Waals surface area contributed by atoms with E-state index in [9.17, 15) is 8.42 Å². The van der Waals surface area contributed by atoms with E-state index in [-0.39, 0.29) is 11.5 Å². The van der Waals surface area contributed by atoms with Crippen LogP contribution in [0.3, 0.4) is 0 Å². The van der Waals surface area contributed by atoms with Crippen molar-refractivity contribution in [1.29, 1.82) is 0 Å². The van der Waals surface area contributed by atoms with Gasteiger partial charge in [0.1, 0.15) is 0 Å². The van der Waals surface area contributed by atoms with Gasteiger partial charge in [-0.2, -0.15) is 0 Å². The maximum Gasteiger partial charge on any atom is 0.151 e. The second kappa shape index (κ2) is 5.82. The van der Waals surface area contributed by atoms with Crippen molar-refractivity contribution >= 4 is 9.84 Å². The van der Waals surface area contributed by atoms with Gasteiger partial charge in [0.2, 0.25) is 0 Å². The van der Waals surface area contributed by atoms with Crippen LogP contribution in [0.1, 0.15) is 12.6 Å². The Balaban J connectivity index is 2.24. The highest BCUT2D eigenvalue weighted by molar-refractivity contribution is 7.91. The molecule has 1 rings (SSSR count). The normalized spacial score (nSPS) is 11.5. The van der Waals surface area contributed by atoms with Gasteiger partial charge in [0, 0.05) is 25.0 Å². The average Bonchev–Trinajstić information content (AvgIpc) is 2.26. The second-order valence-corrected chi connectivity index (χ2v) is 5.71. The summed E-state index contributed by atoms with van der Waals surface area (Å²) < 4.78 is 22.3. The van der Waals surface area contributed by atoms with Gasteiger partial charge in [-0.15, -0.1) is 0 Å². The van der Waals surface area contributed by atoms with Crippen LogP contribution in [0.15, 0.2) is 24.4 Å². The van der Waals surface area contributed by atoms with E-state index in [1.165, 1.54) is 0 Å². The lowest BCUT2D eigenvalue weighted by Gasteiger charge is -2.03. The van der Waals surface area contributed by atoms with Crippen LogP contribution in [0.4, 0.5) is 0 Å². The molecule has 1 N–H and O–H groups in total. The van der Waals surface area contributed by atoms with Crippen molar-refractivity contribution in [2.45, 2.75) is 13.5 Å². The Morgan fingerprint density at radius 2 is 2.20 bits per heavy atom. The van der Waals surface area contributed by atoms with Gasteiger partial charge in [-0.05, 0) is 12.1 Å². The largest absolute Gasteiger partial charge is 0.310 e. The SMILES string of the molecule is CCS(=O)(=O)CCNCc1ccccn1. The van der Waals surface area contributed by atoms with Gasteiger partial charge < -0.3 is 5.32 Å². The maximum atomic E-state index is 11.2. The highest BCUT2D eigenvalue weighted by Gasteiger charge is 2.05. The summed E-state index contributed by atoms with van der Waals surface area (Å²) in [5.41, 5.74) is 0.923. The summed E-state index contributed by atoms with van der Waals surface area (Å²) in [5.74, 6) is 0.397. The minimum atomic E-state index is -2.86. The summed E-state index contributed by atoms with van der Waals surface area (Å²) >= 11 is 0. The summed E-state index contributed by atoms with van der Waals surface area (Å²) in [6.07, 6.45) is 1.72. The molecule has 0 radical (unpaired) electrons. The van der Waals surface area contributed by atoms with Crippen molar-refractivity contribution in [2.75, 3.05) is 18.1 Å². The van der Waals surface area contributed by atoms with E-state index in [0.29, 0.717) is 13.1 Å². The topological polar surface area (TPSA) is 59.1 Å². The molecule has 1 heterocycles. The molecule has 0 fully saturated rings. The Hall–Kier alpha value is -0.940. The quantitative estimate of drug-likeness (QED) is 0.725. The molecule has 0 unspecified atom stereocenters. The lowest BCUT2D eigenvalue weighted by molar-refractivity contribution is 0.591. The number of hydrogen-bond donors (Lipinski definition) is 1. The van der Waals surface area contributed by atoms with Gasteiger partial charge >= 0.3 is 0 Å². The first-order chi connectivity index (χ1) is 7.14. The number of sulfone groups is 1. The third kappa shape index (κ3) is 4.90. The fourth-order valence-corrected chi connectivity index (χ4v) is 1.84. The van der Waals surface area contributed by atoms with E-state index in [4.69, 9.17) is 0 Å². The molecule has 0 aliphatic rings. The van der Waals surface area contributed by atoms with E-state index >= 15 is 0 Å². The summed E-state index contributed by atoms with van der Waals surface area (Å²) in [7, 11) is -2.86. The molecule has 0 aliphatic heterocycles. The van der Waals surface area contributed by atoms with Gasteiger partial charge in [-0.3, -0.25) is 4.98 Å². The van der Waals surface area contributed by atoms with E-state index in [1.54, 1.807) is 13.1 Å². The first-order valence-corrected chi connectivity index (χ1v) is 6.77. The van der Waals surface area contributed by atoms with E-state index < -0.39 is 9.84 Å². The molecule has 1 aromatic rings. The standard InChI is InChI=1S/C10H16N2O2S/c1-2-15(13,14)8-7-11-9-10-5-3-4-6-12-10/h3-6,11H,2,7-9H2,1H3. The van der Waals surface area contributed by atoms with Gasteiger partial charge in [0.25, 0.3) is 0 Å². The van der Waals surface area contributed by atoms with Crippen molar-refractivity contribution in [3.8, 4) is 0 Å². The Morgan fingerprint density at radius 3 is 2.80 bits per heavy atom. The highest BCUT2D eigenvalue weighted by Crippen LogP contribution is 1.92. The molecule has 0 amide bonds. The monoisotopic (exact) mass is 228 g/mol. The van der Waals surface area contributed by atoms with Crippen LogP contribution in [-0.2, 0) is 16.4 Å². The molecule has 5 heteroatoms. The van der Waals surface area contributed by atoms with Crippen LogP contribution in [-0.4, -0.2) is 31.5 Å². The molecule has 0 saturated heterocycles. The number of hydrogen-bond acceptors (Lipinski definition) is 4. The van der Waals surface area contributed by atoms with Crippen molar-refractivity contribution in [1.82, 2.24) is 10.3 Å². The molecule has 84 valence electrons. The number of pyridine rings is 1. The Morgan fingerprint density at radius 1 is 1.40 bits per heavy atom. The van der Waals surface area contributed by atoms with Crippen LogP contribution in [0.5, 0.6) is 0 Å². The summed E-state index contributed by atoms with van der Waals surface area (Å²) in [6, 6.07) is 5.67. The lowest BCUT2D eigenvalue weighted by atomic mass is 10.3. The molecule has 0 spiro atoms. The first-order valence-electron chi connectivity index (χ1n) is 4.95. The zero-order valence-corrected chi connectivity index (χ0v) is 9.63. The molecule has 0 atom stereocenters. The predicted octanol–water partition coefficient (Wildman–Crippen LogP) is 0.606. The molecule has 1 aromatic heterocycles. The minimum absolute atomic E-state index is 0.191. The molecule has 0 aliphatic carbocycles. The number of aromatic nitrogens is 1. The zero-order chi connectivity index (χ0) is 11.1. The van der Waals surface area contributed by atoms with Crippen molar-refractivity contribution < 1.29 is 8.42 Å². The van der Waals surface area contributed by atoms with Gasteiger partial charge in [0.05, 0.1) is 11.4 Å². The predicted molar refractivity (Wildman–Crippen MR) is 60.3 cm³/mol. The Labute approximate surface area is 90.7 Å². The van der Waals surface area contributed by atoms with Crippen LogP contribution < -0.4 is 5.32 Å². The molecular weight excluding hydrogens is 212 g/mol. The minimum Gasteiger partial charge on any atom is -0.310 e. The molecule has 4 nitrogen and oxygen atoms in total. The van der Waals surface area contributed by atoms with Crippen LogP contribution in [0.25, 0.3) is 0 Å². The zero-order valence-electron chi connectivity index (χ0n) is 8.81. The smallest absolute Gasteiger partial charge is 0.151 e. The first kappa shape index (κ1) is 12.1. The third-order valence-corrected chi connectivity index (χ3v) is 3.77. The number of nitrogens with one attached hydrogen (secondary N) is 1. The average molecular weight is 228 g/mol. The fourth-order valence-electron chi connectivity index (χ4n) is 1.09. The molecular formula is C10H16N2O2S. The summed E-state index contributed by atoms with van der Waals surface area (Å²) in [4.78, 5) is 4.12. The lowest BCUT2D eigenvalue weighted by Crippen LogP contribution is -2.23. The van der Waals surface area contributed by atoms with E-state index in [2.05, 4.69) is 10.3 Å². The Bertz CT molecular complexity index is 376. The Kier molecular flexibility index (Phi) is 4.71. The van der Waals surface area contributed by atoms with Gasteiger partial charge in [0.15, 0.2) is 9.84 Å². The second-order valence-electron chi connectivity index (χ2n) is 3.23. The third-order valence-electron chi connectivity index (χ3n) is 2.06. The maximum absolute atomic E-state index is 11.2. The fraction of sp³-hybridized carbons (Fsp3) is 0.500. The number of rotatable bonds is 6. The molecule has 0 bridgehead atoms. The summed E-state index contributed by atoms with van der Waals surface area (Å²) in [5, 5.41) is 3.05. The van der Waals surface area contributed by atoms with Crippen molar-refractivity contribution in [3.05, 3.63) is 30.1 Å². The molecule has 0 saturated carbocycles. The van der Waals surface area contributed by atoms with Crippen LogP contribution in [0.2, 0.25) is 0 Å². The van der Waals surface area contributed by atoms with E-state index in [1.807, 2.05) is 18.2 Å². The van der Waals surface area contributed by atoms with Crippen molar-refractivity contribution in [2.24, 2.45) is 0 Å². The van der Waals surface area contributed by atoms with Crippen LogP contribution in [0, 0.1) is 0 Å². The molecule has 15 heavy (non-hydrogen) atoms. The van der Waals surface area contributed by atoms with Crippen molar-refractivity contribution in [3.63, 3.8) is 0 Å². The summed E-state index contributed by atoms with van der Waals surface area (Å²) in [6.45, 7) is 2.75. The highest BCUT2D eigenvalue weighted by atomic mass is 32.2. The number of nitrogens with zero attached hydrogens (tertiary/aromatic N) is 1.